The summed E-state index contributed by atoms with van der Waals surface area (Å²) in [5.41, 5.74) is 3.58. The molecule has 0 unspecified atom stereocenters. The first-order valence-corrected chi connectivity index (χ1v) is 9.40. The Morgan fingerprint density at radius 1 is 0.929 bits per heavy atom. The van der Waals surface area contributed by atoms with Gasteiger partial charge in [0.1, 0.15) is 10.7 Å². The predicted octanol–water partition coefficient (Wildman–Crippen LogP) is 3.64. The molecule has 0 saturated carbocycles. The number of hydrogen-bond donors (Lipinski definition) is 1. The highest BCUT2D eigenvalue weighted by molar-refractivity contribution is 7.19. The molecule has 9 heteroatoms. The molecule has 0 amide bonds. The Balaban J connectivity index is 1.40. The second kappa shape index (κ2) is 5.89. The molecule has 6 rings (SSSR count). The molecular formula is C19H12N6O2S. The average molecular weight is 388 g/mol. The van der Waals surface area contributed by atoms with Gasteiger partial charge in [-0.05, 0) is 24.3 Å². The molecule has 136 valence electrons. The van der Waals surface area contributed by atoms with Crippen molar-refractivity contribution in [3.05, 3.63) is 54.6 Å². The molecule has 1 N–H and O–H groups in total. The summed E-state index contributed by atoms with van der Waals surface area (Å²) in [4.78, 5) is 0.707. The van der Waals surface area contributed by atoms with Crippen molar-refractivity contribution in [2.45, 2.75) is 0 Å². The summed E-state index contributed by atoms with van der Waals surface area (Å²) in [5.74, 6) is 2.09. The Kier molecular flexibility index (Phi) is 3.23. The highest BCUT2D eigenvalue weighted by atomic mass is 32.1. The van der Waals surface area contributed by atoms with Crippen molar-refractivity contribution in [1.82, 2.24) is 30.0 Å². The van der Waals surface area contributed by atoms with Gasteiger partial charge in [-0.2, -0.15) is 14.7 Å². The fourth-order valence-electron chi connectivity index (χ4n) is 3.12. The van der Waals surface area contributed by atoms with Crippen LogP contribution >= 0.6 is 11.3 Å². The van der Waals surface area contributed by atoms with Crippen LogP contribution in [-0.4, -0.2) is 36.8 Å². The average Bonchev–Trinajstić information content (AvgIpc) is 3.50. The minimum Gasteiger partial charge on any atom is -0.454 e. The van der Waals surface area contributed by atoms with Gasteiger partial charge < -0.3 is 9.47 Å². The number of rotatable bonds is 3. The smallest absolute Gasteiger partial charge is 0.235 e. The third-order valence-corrected chi connectivity index (χ3v) is 5.45. The fraction of sp³-hybridized carbons (Fsp3) is 0.0526. The van der Waals surface area contributed by atoms with Crippen molar-refractivity contribution >= 4 is 16.3 Å². The molecule has 0 saturated heterocycles. The molecule has 5 aromatic rings. The summed E-state index contributed by atoms with van der Waals surface area (Å²) in [7, 11) is 0. The van der Waals surface area contributed by atoms with Crippen molar-refractivity contribution in [1.29, 1.82) is 0 Å². The van der Waals surface area contributed by atoms with E-state index in [4.69, 9.17) is 14.6 Å². The maximum atomic E-state index is 5.46. The lowest BCUT2D eigenvalue weighted by atomic mass is 10.1. The SMILES string of the molecule is c1ccc(-c2cc(-c3nnc4sc(-c5ccc6c(c5)OCO6)nn34)[nH]n2)cc1. The Hall–Kier alpha value is -3.72. The minimum atomic E-state index is 0.248. The first-order valence-electron chi connectivity index (χ1n) is 8.59. The van der Waals surface area contributed by atoms with Crippen LogP contribution in [0.3, 0.4) is 0 Å². The Bertz CT molecular complexity index is 1310. The van der Waals surface area contributed by atoms with Gasteiger partial charge in [-0.1, -0.05) is 41.7 Å². The van der Waals surface area contributed by atoms with E-state index in [9.17, 15) is 0 Å². The van der Waals surface area contributed by atoms with E-state index >= 15 is 0 Å². The monoisotopic (exact) mass is 388 g/mol. The van der Waals surface area contributed by atoms with Gasteiger partial charge in [0.25, 0.3) is 0 Å². The van der Waals surface area contributed by atoms with Crippen molar-refractivity contribution < 1.29 is 9.47 Å². The summed E-state index contributed by atoms with van der Waals surface area (Å²) in [6.07, 6.45) is 0. The number of H-pyrrole nitrogens is 1. The molecule has 0 aliphatic carbocycles. The lowest BCUT2D eigenvalue weighted by molar-refractivity contribution is 0.174. The van der Waals surface area contributed by atoms with Gasteiger partial charge >= 0.3 is 0 Å². The van der Waals surface area contributed by atoms with Crippen LogP contribution in [0.15, 0.2) is 54.6 Å². The first-order chi connectivity index (χ1) is 13.8. The first kappa shape index (κ1) is 15.3. The summed E-state index contributed by atoms with van der Waals surface area (Å²) in [6.45, 7) is 0.248. The second-order valence-electron chi connectivity index (χ2n) is 6.23. The Morgan fingerprint density at radius 2 is 1.82 bits per heavy atom. The Morgan fingerprint density at radius 3 is 2.75 bits per heavy atom. The van der Waals surface area contributed by atoms with Crippen LogP contribution < -0.4 is 9.47 Å². The summed E-state index contributed by atoms with van der Waals surface area (Å²) < 4.78 is 12.6. The van der Waals surface area contributed by atoms with Crippen LogP contribution in [-0.2, 0) is 0 Å². The molecule has 0 radical (unpaired) electrons. The molecule has 0 atom stereocenters. The topological polar surface area (TPSA) is 90.2 Å². The van der Waals surface area contributed by atoms with Crippen LogP contribution in [0.5, 0.6) is 11.5 Å². The molecule has 0 bridgehead atoms. The van der Waals surface area contributed by atoms with E-state index in [1.165, 1.54) is 11.3 Å². The molecule has 0 fully saturated rings. The standard InChI is InChI=1S/C19H12N6O2S/c1-2-4-11(5-3-1)13-9-14(21-20-13)17-22-23-19-25(17)24-18(28-19)12-6-7-15-16(8-12)27-10-26-15/h1-9H,10H2,(H,20,21). The number of benzene rings is 2. The minimum absolute atomic E-state index is 0.248. The molecule has 28 heavy (non-hydrogen) atoms. The summed E-state index contributed by atoms with van der Waals surface area (Å²) >= 11 is 1.46. The second-order valence-corrected chi connectivity index (χ2v) is 7.18. The molecule has 1 aliphatic heterocycles. The third-order valence-electron chi connectivity index (χ3n) is 4.50. The van der Waals surface area contributed by atoms with Crippen molar-refractivity contribution in [3.63, 3.8) is 0 Å². The van der Waals surface area contributed by atoms with Gasteiger partial charge in [-0.3, -0.25) is 5.10 Å². The number of hydrogen-bond acceptors (Lipinski definition) is 7. The number of ether oxygens (including phenoxy) is 2. The normalized spacial score (nSPS) is 12.7. The largest absolute Gasteiger partial charge is 0.454 e. The number of fused-ring (bicyclic) bond motifs is 2. The van der Waals surface area contributed by atoms with E-state index in [0.29, 0.717) is 10.8 Å². The van der Waals surface area contributed by atoms with Crippen LogP contribution in [0.4, 0.5) is 0 Å². The van der Waals surface area contributed by atoms with Crippen molar-refractivity contribution in [2.24, 2.45) is 0 Å². The van der Waals surface area contributed by atoms with Crippen LogP contribution in [0.1, 0.15) is 0 Å². The molecule has 4 heterocycles. The van der Waals surface area contributed by atoms with Gasteiger partial charge in [-0.25, -0.2) is 0 Å². The van der Waals surface area contributed by atoms with Crippen molar-refractivity contribution in [2.75, 3.05) is 6.79 Å². The maximum absolute atomic E-state index is 5.46. The zero-order valence-corrected chi connectivity index (χ0v) is 15.2. The van der Waals surface area contributed by atoms with E-state index in [1.54, 1.807) is 4.52 Å². The van der Waals surface area contributed by atoms with Gasteiger partial charge in [0.15, 0.2) is 11.5 Å². The highest BCUT2D eigenvalue weighted by Gasteiger charge is 2.19. The maximum Gasteiger partial charge on any atom is 0.235 e. The summed E-state index contributed by atoms with van der Waals surface area (Å²) in [5, 5.41) is 21.5. The van der Waals surface area contributed by atoms with Crippen LogP contribution in [0.2, 0.25) is 0 Å². The fourth-order valence-corrected chi connectivity index (χ4v) is 3.96. The molecule has 0 spiro atoms. The third kappa shape index (κ3) is 2.37. The number of nitrogens with one attached hydrogen (secondary N) is 1. The predicted molar refractivity (Wildman–Crippen MR) is 103 cm³/mol. The van der Waals surface area contributed by atoms with Gasteiger partial charge in [0.2, 0.25) is 17.6 Å². The zero-order chi connectivity index (χ0) is 18.5. The lowest BCUT2D eigenvalue weighted by Crippen LogP contribution is -1.93. The molecule has 2 aromatic carbocycles. The van der Waals surface area contributed by atoms with E-state index in [-0.39, 0.29) is 6.79 Å². The number of nitrogens with zero attached hydrogens (tertiary/aromatic N) is 5. The van der Waals surface area contributed by atoms with E-state index in [1.807, 2.05) is 54.6 Å². The molecular weight excluding hydrogens is 376 g/mol. The number of aromatic amines is 1. The lowest BCUT2D eigenvalue weighted by Gasteiger charge is -1.98. The van der Waals surface area contributed by atoms with Gasteiger partial charge in [-0.15, -0.1) is 10.2 Å². The number of aromatic nitrogens is 6. The molecule has 3 aromatic heterocycles. The van der Waals surface area contributed by atoms with E-state index in [2.05, 4.69) is 20.4 Å². The molecule has 1 aliphatic rings. The van der Waals surface area contributed by atoms with Crippen LogP contribution in [0.25, 0.3) is 38.3 Å². The molecule has 8 nitrogen and oxygen atoms in total. The van der Waals surface area contributed by atoms with Gasteiger partial charge in [0, 0.05) is 11.1 Å². The van der Waals surface area contributed by atoms with Crippen molar-refractivity contribution in [3.8, 4) is 44.8 Å². The Labute approximate surface area is 162 Å². The quantitative estimate of drug-likeness (QED) is 0.507. The van der Waals surface area contributed by atoms with Crippen LogP contribution in [0, 0.1) is 0 Å². The summed E-state index contributed by atoms with van der Waals surface area (Å²) in [6, 6.07) is 17.7. The van der Waals surface area contributed by atoms with Gasteiger partial charge in [0.05, 0.1) is 5.69 Å². The van der Waals surface area contributed by atoms with E-state index in [0.717, 1.165) is 39.0 Å². The highest BCUT2D eigenvalue weighted by Crippen LogP contribution is 2.37. The van der Waals surface area contributed by atoms with E-state index < -0.39 is 0 Å². The zero-order valence-electron chi connectivity index (χ0n) is 14.4.